The molecule has 4 nitrogen and oxygen atoms in total. The summed E-state index contributed by atoms with van der Waals surface area (Å²) in [5.74, 6) is -0.738. The first kappa shape index (κ1) is 12.0. The number of nitrogens with zero attached hydrogens (tertiary/aromatic N) is 2. The van der Waals surface area contributed by atoms with Crippen LogP contribution in [0.15, 0.2) is 24.4 Å². The van der Waals surface area contributed by atoms with Crippen LogP contribution >= 0.6 is 0 Å². The molecule has 1 aliphatic heterocycles. The van der Waals surface area contributed by atoms with Gasteiger partial charge in [0.2, 0.25) is 0 Å². The van der Waals surface area contributed by atoms with Crippen LogP contribution in [0.1, 0.15) is 38.4 Å². The van der Waals surface area contributed by atoms with Crippen molar-refractivity contribution in [1.82, 2.24) is 9.88 Å². The molecule has 2 unspecified atom stereocenters. The maximum absolute atomic E-state index is 11.4. The first-order valence-electron chi connectivity index (χ1n) is 5.97. The predicted molar refractivity (Wildman–Crippen MR) is 64.6 cm³/mol. The minimum Gasteiger partial charge on any atom is -0.480 e. The quantitative estimate of drug-likeness (QED) is 0.870. The molecule has 1 saturated heterocycles. The third-order valence-corrected chi connectivity index (χ3v) is 3.74. The van der Waals surface area contributed by atoms with Crippen LogP contribution in [-0.2, 0) is 4.79 Å². The highest BCUT2D eigenvalue weighted by Gasteiger charge is 2.45. The average molecular weight is 234 g/mol. The summed E-state index contributed by atoms with van der Waals surface area (Å²) in [6.45, 7) is 4.65. The molecule has 0 saturated carbocycles. The number of aliphatic carboxylic acids is 1. The van der Waals surface area contributed by atoms with E-state index in [2.05, 4.69) is 4.98 Å². The summed E-state index contributed by atoms with van der Waals surface area (Å²) in [6, 6.07) is 5.80. The van der Waals surface area contributed by atoms with Crippen LogP contribution < -0.4 is 0 Å². The number of hydrogen-bond donors (Lipinski definition) is 1. The minimum absolute atomic E-state index is 0.0415. The second-order valence-electron chi connectivity index (χ2n) is 4.81. The summed E-state index contributed by atoms with van der Waals surface area (Å²) in [5, 5.41) is 9.38. The monoisotopic (exact) mass is 234 g/mol. The Balaban J connectivity index is 2.25. The van der Waals surface area contributed by atoms with Gasteiger partial charge in [0.25, 0.3) is 0 Å². The van der Waals surface area contributed by atoms with Gasteiger partial charge < -0.3 is 5.11 Å². The molecule has 0 radical (unpaired) electrons. The normalized spacial score (nSPS) is 26.9. The molecule has 1 fully saturated rings. The molecule has 1 N–H and O–H groups in total. The average Bonchev–Trinajstić information content (AvgIpc) is 2.73. The van der Waals surface area contributed by atoms with Crippen molar-refractivity contribution in [1.29, 1.82) is 0 Å². The van der Waals surface area contributed by atoms with Gasteiger partial charge in [-0.15, -0.1) is 0 Å². The molecule has 0 aromatic carbocycles. The molecule has 2 heterocycles. The lowest BCUT2D eigenvalue weighted by molar-refractivity contribution is -0.149. The Bertz CT molecular complexity index is 407. The number of hydrogen-bond acceptors (Lipinski definition) is 3. The molecule has 92 valence electrons. The molecule has 0 spiro atoms. The van der Waals surface area contributed by atoms with Crippen molar-refractivity contribution in [2.75, 3.05) is 6.54 Å². The van der Waals surface area contributed by atoms with Gasteiger partial charge in [0.15, 0.2) is 0 Å². The zero-order valence-electron chi connectivity index (χ0n) is 10.3. The number of carbonyl (C=O) groups is 1. The molecule has 0 aliphatic carbocycles. The van der Waals surface area contributed by atoms with Crippen LogP contribution in [-0.4, -0.2) is 33.0 Å². The van der Waals surface area contributed by atoms with Gasteiger partial charge in [0, 0.05) is 6.20 Å². The number of carboxylic acid groups (broad SMARTS) is 1. The molecule has 4 heteroatoms. The number of likely N-dealkylation sites (tertiary alicyclic amines) is 1. The fraction of sp³-hybridized carbons (Fsp3) is 0.538. The van der Waals surface area contributed by atoms with Gasteiger partial charge in [-0.3, -0.25) is 14.7 Å². The molecule has 17 heavy (non-hydrogen) atoms. The zero-order valence-corrected chi connectivity index (χ0v) is 10.3. The largest absolute Gasteiger partial charge is 0.480 e. The summed E-state index contributed by atoms with van der Waals surface area (Å²) < 4.78 is 0. The Kier molecular flexibility index (Phi) is 3.15. The van der Waals surface area contributed by atoms with Crippen LogP contribution in [0.2, 0.25) is 0 Å². The predicted octanol–water partition coefficient (Wildman–Crippen LogP) is 2.08. The molecule has 1 aromatic heterocycles. The third kappa shape index (κ3) is 2.05. The lowest BCUT2D eigenvalue weighted by atomic mass is 9.97. The van der Waals surface area contributed by atoms with Crippen molar-refractivity contribution < 1.29 is 9.90 Å². The van der Waals surface area contributed by atoms with E-state index in [9.17, 15) is 9.90 Å². The van der Waals surface area contributed by atoms with Crippen molar-refractivity contribution in [2.45, 2.75) is 38.3 Å². The fourth-order valence-corrected chi connectivity index (χ4v) is 2.62. The van der Waals surface area contributed by atoms with Gasteiger partial charge in [-0.25, -0.2) is 0 Å². The van der Waals surface area contributed by atoms with Crippen LogP contribution in [0.4, 0.5) is 0 Å². The molecule has 1 aliphatic rings. The van der Waals surface area contributed by atoms with Gasteiger partial charge >= 0.3 is 5.97 Å². The number of carboxylic acids is 1. The highest BCUT2D eigenvalue weighted by molar-refractivity contribution is 5.78. The van der Waals surface area contributed by atoms with Crippen molar-refractivity contribution in [3.63, 3.8) is 0 Å². The van der Waals surface area contributed by atoms with E-state index >= 15 is 0 Å². The van der Waals surface area contributed by atoms with E-state index in [1.54, 1.807) is 6.20 Å². The Morgan fingerprint density at radius 2 is 2.35 bits per heavy atom. The van der Waals surface area contributed by atoms with E-state index in [1.807, 2.05) is 36.9 Å². The lowest BCUT2D eigenvalue weighted by Crippen LogP contribution is -2.49. The van der Waals surface area contributed by atoms with E-state index in [4.69, 9.17) is 0 Å². The Morgan fingerprint density at radius 3 is 2.94 bits per heavy atom. The summed E-state index contributed by atoms with van der Waals surface area (Å²) in [6.07, 6.45) is 3.39. The molecular formula is C13H18N2O2. The number of aromatic nitrogens is 1. The van der Waals surface area contributed by atoms with Gasteiger partial charge in [-0.1, -0.05) is 6.07 Å². The van der Waals surface area contributed by atoms with E-state index in [0.717, 1.165) is 18.7 Å². The Hall–Kier alpha value is -1.42. The highest BCUT2D eigenvalue weighted by atomic mass is 16.4. The summed E-state index contributed by atoms with van der Waals surface area (Å²) >= 11 is 0. The number of pyridine rings is 1. The van der Waals surface area contributed by atoms with Crippen LogP contribution in [0.3, 0.4) is 0 Å². The van der Waals surface area contributed by atoms with Gasteiger partial charge in [0.05, 0.1) is 11.7 Å². The van der Waals surface area contributed by atoms with Crippen LogP contribution in [0.5, 0.6) is 0 Å². The highest BCUT2D eigenvalue weighted by Crippen LogP contribution is 2.36. The lowest BCUT2D eigenvalue weighted by Gasteiger charge is -2.35. The molecule has 0 bridgehead atoms. The molecular weight excluding hydrogens is 216 g/mol. The smallest absolute Gasteiger partial charge is 0.323 e. The SMILES string of the molecule is CC(c1ccccn1)N1CCCC1(C)C(=O)O. The second kappa shape index (κ2) is 4.45. The van der Waals surface area contributed by atoms with E-state index in [0.29, 0.717) is 6.42 Å². The summed E-state index contributed by atoms with van der Waals surface area (Å²) in [7, 11) is 0. The van der Waals surface area contributed by atoms with Gasteiger partial charge in [0.1, 0.15) is 5.54 Å². The zero-order chi connectivity index (χ0) is 12.5. The second-order valence-corrected chi connectivity index (χ2v) is 4.81. The van der Waals surface area contributed by atoms with Crippen LogP contribution in [0.25, 0.3) is 0 Å². The van der Waals surface area contributed by atoms with Crippen molar-refractivity contribution in [2.24, 2.45) is 0 Å². The molecule has 1 aromatic rings. The van der Waals surface area contributed by atoms with Crippen molar-refractivity contribution in [3.8, 4) is 0 Å². The molecule has 2 rings (SSSR count). The topological polar surface area (TPSA) is 53.4 Å². The maximum Gasteiger partial charge on any atom is 0.323 e. The van der Waals surface area contributed by atoms with Crippen molar-refractivity contribution >= 4 is 5.97 Å². The minimum atomic E-state index is -0.753. The van der Waals surface area contributed by atoms with E-state index in [-0.39, 0.29) is 6.04 Å². The fourth-order valence-electron chi connectivity index (χ4n) is 2.62. The van der Waals surface area contributed by atoms with E-state index in [1.165, 1.54) is 0 Å². The van der Waals surface area contributed by atoms with Gasteiger partial charge in [-0.05, 0) is 45.4 Å². The Morgan fingerprint density at radius 1 is 1.59 bits per heavy atom. The third-order valence-electron chi connectivity index (χ3n) is 3.74. The first-order chi connectivity index (χ1) is 8.05. The van der Waals surface area contributed by atoms with Crippen molar-refractivity contribution in [3.05, 3.63) is 30.1 Å². The standard InChI is InChI=1S/C13H18N2O2/c1-10(11-6-3-4-8-14-11)15-9-5-7-13(15,2)12(16)17/h3-4,6,8,10H,5,7,9H2,1-2H3,(H,16,17). The summed E-state index contributed by atoms with van der Waals surface area (Å²) in [5.41, 5.74) is 0.179. The van der Waals surface area contributed by atoms with E-state index < -0.39 is 11.5 Å². The maximum atomic E-state index is 11.4. The van der Waals surface area contributed by atoms with Crippen LogP contribution in [0, 0.1) is 0 Å². The Labute approximate surface area is 101 Å². The molecule has 2 atom stereocenters. The summed E-state index contributed by atoms with van der Waals surface area (Å²) in [4.78, 5) is 17.8. The number of rotatable bonds is 3. The van der Waals surface area contributed by atoms with Gasteiger partial charge in [-0.2, -0.15) is 0 Å². The molecule has 0 amide bonds. The first-order valence-corrected chi connectivity index (χ1v) is 5.97.